The predicted octanol–water partition coefficient (Wildman–Crippen LogP) is 3.72. The first-order chi connectivity index (χ1) is 14.0. The van der Waals surface area contributed by atoms with Crippen LogP contribution in [-0.2, 0) is 9.53 Å². The molecule has 3 rings (SSSR count). The van der Waals surface area contributed by atoms with Crippen molar-refractivity contribution in [2.24, 2.45) is 5.92 Å². The summed E-state index contributed by atoms with van der Waals surface area (Å²) in [5.41, 5.74) is 0.510. The summed E-state index contributed by atoms with van der Waals surface area (Å²) >= 11 is 0. The van der Waals surface area contributed by atoms with Crippen LogP contribution in [-0.4, -0.2) is 48.2 Å². The molecule has 0 aliphatic carbocycles. The maximum absolute atomic E-state index is 13.2. The highest BCUT2D eigenvalue weighted by Gasteiger charge is 2.27. The standard InChI is InChI=1S/C21H28F2N4O2/c1-14(2)29-13-5-10-24-21(28)15-8-11-27(12-9-15)20-16-6-3-4-7-17(16)25-19(26-20)18(22)23/h3-4,6-7,14-15,18H,5,8-13H2,1-2H3,(H,24,28). The number of hydrogen-bond donors (Lipinski definition) is 1. The number of nitrogens with zero attached hydrogens (tertiary/aromatic N) is 3. The molecule has 0 bridgehead atoms. The lowest BCUT2D eigenvalue weighted by Crippen LogP contribution is -2.41. The van der Waals surface area contributed by atoms with Gasteiger partial charge in [0.1, 0.15) is 5.82 Å². The highest BCUT2D eigenvalue weighted by molar-refractivity contribution is 5.89. The first-order valence-corrected chi connectivity index (χ1v) is 10.1. The van der Waals surface area contributed by atoms with E-state index in [-0.39, 0.29) is 17.9 Å². The molecular formula is C21H28F2N4O2. The molecule has 1 aliphatic rings. The van der Waals surface area contributed by atoms with Gasteiger partial charge in [0.15, 0.2) is 5.82 Å². The van der Waals surface area contributed by atoms with Gasteiger partial charge in [0.05, 0.1) is 11.6 Å². The number of halogens is 2. The van der Waals surface area contributed by atoms with Crippen LogP contribution in [0.3, 0.4) is 0 Å². The molecule has 0 unspecified atom stereocenters. The van der Waals surface area contributed by atoms with Crippen LogP contribution in [0, 0.1) is 5.92 Å². The molecule has 1 aromatic carbocycles. The topological polar surface area (TPSA) is 67.3 Å². The minimum absolute atomic E-state index is 0.0509. The Morgan fingerprint density at radius 3 is 2.66 bits per heavy atom. The molecule has 1 N–H and O–H groups in total. The van der Waals surface area contributed by atoms with Crippen molar-refractivity contribution < 1.29 is 18.3 Å². The molecule has 0 atom stereocenters. The van der Waals surface area contributed by atoms with E-state index >= 15 is 0 Å². The van der Waals surface area contributed by atoms with Gasteiger partial charge in [0, 0.05) is 37.5 Å². The fourth-order valence-corrected chi connectivity index (χ4v) is 3.52. The maximum atomic E-state index is 13.2. The van der Waals surface area contributed by atoms with E-state index in [1.165, 1.54) is 0 Å². The highest BCUT2D eigenvalue weighted by atomic mass is 19.3. The number of fused-ring (bicyclic) bond motifs is 1. The Labute approximate surface area is 169 Å². The number of amides is 1. The molecule has 1 aliphatic heterocycles. The van der Waals surface area contributed by atoms with Gasteiger partial charge in [-0.1, -0.05) is 12.1 Å². The van der Waals surface area contributed by atoms with E-state index in [1.54, 1.807) is 12.1 Å². The number of ether oxygens (including phenoxy) is 1. The quantitative estimate of drug-likeness (QED) is 0.677. The zero-order chi connectivity index (χ0) is 20.8. The summed E-state index contributed by atoms with van der Waals surface area (Å²) < 4.78 is 31.9. The van der Waals surface area contributed by atoms with Gasteiger partial charge in [-0.25, -0.2) is 18.7 Å². The molecule has 8 heteroatoms. The van der Waals surface area contributed by atoms with Crippen LogP contribution in [0.5, 0.6) is 0 Å². The predicted molar refractivity (Wildman–Crippen MR) is 108 cm³/mol. The second-order valence-electron chi connectivity index (χ2n) is 7.55. The number of para-hydroxylation sites is 1. The lowest BCUT2D eigenvalue weighted by atomic mass is 9.95. The summed E-state index contributed by atoms with van der Waals surface area (Å²) in [4.78, 5) is 22.5. The number of anilines is 1. The lowest BCUT2D eigenvalue weighted by molar-refractivity contribution is -0.125. The van der Waals surface area contributed by atoms with Crippen LogP contribution in [0.25, 0.3) is 10.9 Å². The SMILES string of the molecule is CC(C)OCCCNC(=O)C1CCN(c2nc(C(F)F)nc3ccccc23)CC1. The van der Waals surface area contributed by atoms with Gasteiger partial charge in [0.25, 0.3) is 6.43 Å². The van der Waals surface area contributed by atoms with Gasteiger partial charge in [0.2, 0.25) is 5.91 Å². The highest BCUT2D eigenvalue weighted by Crippen LogP contribution is 2.30. The van der Waals surface area contributed by atoms with Gasteiger partial charge in [-0.2, -0.15) is 0 Å². The van der Waals surface area contributed by atoms with Gasteiger partial charge >= 0.3 is 0 Å². The van der Waals surface area contributed by atoms with Crippen molar-refractivity contribution in [1.29, 1.82) is 0 Å². The second kappa shape index (κ2) is 9.91. The molecule has 0 radical (unpaired) electrons. The number of alkyl halides is 2. The normalized spacial score (nSPS) is 15.4. The van der Waals surface area contributed by atoms with Crippen molar-refractivity contribution in [3.05, 3.63) is 30.1 Å². The molecule has 2 aromatic rings. The number of carbonyl (C=O) groups is 1. The van der Waals surface area contributed by atoms with Crippen molar-refractivity contribution in [2.75, 3.05) is 31.1 Å². The van der Waals surface area contributed by atoms with Crippen LogP contribution in [0.1, 0.15) is 45.4 Å². The number of benzene rings is 1. The largest absolute Gasteiger partial charge is 0.379 e. The third-order valence-electron chi connectivity index (χ3n) is 5.03. The lowest BCUT2D eigenvalue weighted by Gasteiger charge is -2.33. The Morgan fingerprint density at radius 1 is 1.24 bits per heavy atom. The summed E-state index contributed by atoms with van der Waals surface area (Å²) in [6.45, 7) is 6.38. The summed E-state index contributed by atoms with van der Waals surface area (Å²) in [7, 11) is 0. The van der Waals surface area contributed by atoms with Crippen molar-refractivity contribution in [3.63, 3.8) is 0 Å². The third kappa shape index (κ3) is 5.59. The van der Waals surface area contributed by atoms with E-state index in [2.05, 4.69) is 15.3 Å². The minimum Gasteiger partial charge on any atom is -0.379 e. The molecule has 1 aromatic heterocycles. The Hall–Kier alpha value is -2.35. The Bertz CT molecular complexity index is 823. The fourth-order valence-electron chi connectivity index (χ4n) is 3.52. The zero-order valence-corrected chi connectivity index (χ0v) is 16.9. The average molecular weight is 406 g/mol. The van der Waals surface area contributed by atoms with Crippen LogP contribution >= 0.6 is 0 Å². The average Bonchev–Trinajstić information content (AvgIpc) is 2.72. The number of rotatable bonds is 8. The number of aromatic nitrogens is 2. The Kier molecular flexibility index (Phi) is 7.30. The van der Waals surface area contributed by atoms with Crippen LogP contribution in [0.15, 0.2) is 24.3 Å². The van der Waals surface area contributed by atoms with Gasteiger partial charge in [-0.3, -0.25) is 4.79 Å². The van der Waals surface area contributed by atoms with Gasteiger partial charge in [-0.05, 0) is 45.2 Å². The molecule has 1 amide bonds. The smallest absolute Gasteiger partial charge is 0.297 e. The van der Waals surface area contributed by atoms with Crippen LogP contribution in [0.2, 0.25) is 0 Å². The number of carbonyl (C=O) groups excluding carboxylic acids is 1. The number of piperidine rings is 1. The number of hydrogen-bond acceptors (Lipinski definition) is 5. The van der Waals surface area contributed by atoms with Crippen molar-refractivity contribution in [1.82, 2.24) is 15.3 Å². The number of nitrogens with one attached hydrogen (secondary N) is 1. The van der Waals surface area contributed by atoms with E-state index in [0.717, 1.165) is 11.8 Å². The third-order valence-corrected chi connectivity index (χ3v) is 5.03. The maximum Gasteiger partial charge on any atom is 0.297 e. The summed E-state index contributed by atoms with van der Waals surface area (Å²) in [6.07, 6.45) is -0.417. The first-order valence-electron chi connectivity index (χ1n) is 10.1. The van der Waals surface area contributed by atoms with E-state index in [1.807, 2.05) is 30.9 Å². The Balaban J connectivity index is 1.59. The van der Waals surface area contributed by atoms with Crippen molar-refractivity contribution in [2.45, 2.75) is 45.6 Å². The van der Waals surface area contributed by atoms with E-state index < -0.39 is 12.2 Å². The Morgan fingerprint density at radius 2 is 1.97 bits per heavy atom. The van der Waals surface area contributed by atoms with Crippen molar-refractivity contribution in [3.8, 4) is 0 Å². The minimum atomic E-state index is -2.72. The van der Waals surface area contributed by atoms with E-state index in [0.29, 0.717) is 50.4 Å². The van der Waals surface area contributed by atoms with Gasteiger partial charge in [-0.15, -0.1) is 0 Å². The molecule has 158 valence electrons. The molecule has 1 saturated heterocycles. The fraction of sp³-hybridized carbons (Fsp3) is 0.571. The summed E-state index contributed by atoms with van der Waals surface area (Å²) in [5.74, 6) is 0.0488. The van der Waals surface area contributed by atoms with E-state index in [9.17, 15) is 13.6 Å². The molecule has 6 nitrogen and oxygen atoms in total. The molecule has 0 saturated carbocycles. The van der Waals surface area contributed by atoms with E-state index in [4.69, 9.17) is 4.74 Å². The zero-order valence-electron chi connectivity index (χ0n) is 16.9. The van der Waals surface area contributed by atoms with Crippen LogP contribution < -0.4 is 10.2 Å². The molecule has 1 fully saturated rings. The first kappa shape index (κ1) is 21.4. The molecule has 29 heavy (non-hydrogen) atoms. The molecular weight excluding hydrogens is 378 g/mol. The summed E-state index contributed by atoms with van der Waals surface area (Å²) in [5, 5.41) is 3.73. The van der Waals surface area contributed by atoms with Gasteiger partial charge < -0.3 is 15.0 Å². The van der Waals surface area contributed by atoms with Crippen molar-refractivity contribution >= 4 is 22.6 Å². The second-order valence-corrected chi connectivity index (χ2v) is 7.55. The molecule has 2 heterocycles. The monoisotopic (exact) mass is 406 g/mol. The van der Waals surface area contributed by atoms with Crippen LogP contribution in [0.4, 0.5) is 14.6 Å². The summed E-state index contributed by atoms with van der Waals surface area (Å²) in [6, 6.07) is 7.19. The molecule has 0 spiro atoms.